The van der Waals surface area contributed by atoms with E-state index in [2.05, 4.69) is 10.3 Å². The predicted octanol–water partition coefficient (Wildman–Crippen LogP) is 1.48. The lowest BCUT2D eigenvalue weighted by Gasteiger charge is -2.20. The van der Waals surface area contributed by atoms with Crippen molar-refractivity contribution < 1.29 is 0 Å². The van der Waals surface area contributed by atoms with E-state index >= 15 is 0 Å². The van der Waals surface area contributed by atoms with E-state index in [1.165, 1.54) is 0 Å². The minimum Gasteiger partial charge on any atom is -0.369 e. The molecule has 4 nitrogen and oxygen atoms in total. The lowest BCUT2D eigenvalue weighted by Crippen LogP contribution is -2.39. The van der Waals surface area contributed by atoms with Crippen LogP contribution in [0.4, 0.5) is 5.82 Å². The lowest BCUT2D eigenvalue weighted by atomic mass is 10.1. The molecule has 0 atom stereocenters. The van der Waals surface area contributed by atoms with E-state index < -0.39 is 0 Å². The van der Waals surface area contributed by atoms with E-state index in [0.717, 1.165) is 18.0 Å². The zero-order valence-electron chi connectivity index (χ0n) is 9.07. The van der Waals surface area contributed by atoms with Crippen LogP contribution < -0.4 is 11.1 Å². The molecule has 4 heteroatoms. The number of nitrogens with two attached hydrogens (primary N) is 1. The van der Waals surface area contributed by atoms with Gasteiger partial charge in [-0.1, -0.05) is 6.07 Å². The number of nitrogens with one attached hydrogen (secondary N) is 1. The molecule has 0 bridgehead atoms. The second kappa shape index (κ2) is 3.55. The Balaban J connectivity index is 2.24. The molecule has 0 spiro atoms. The molecule has 3 N–H and O–H groups in total. The van der Waals surface area contributed by atoms with Crippen LogP contribution in [0.1, 0.15) is 13.8 Å². The third-order valence-corrected chi connectivity index (χ3v) is 2.15. The van der Waals surface area contributed by atoms with Crippen LogP contribution in [0, 0.1) is 0 Å². The topological polar surface area (TPSA) is 55.3 Å². The highest BCUT2D eigenvalue weighted by molar-refractivity contribution is 5.49. The van der Waals surface area contributed by atoms with Gasteiger partial charge in [0, 0.05) is 24.5 Å². The maximum Gasteiger partial charge on any atom is 0.138 e. The number of aromatic nitrogens is 2. The van der Waals surface area contributed by atoms with E-state index in [9.17, 15) is 0 Å². The van der Waals surface area contributed by atoms with Crippen molar-refractivity contribution >= 4 is 11.5 Å². The third-order valence-electron chi connectivity index (χ3n) is 2.15. The van der Waals surface area contributed by atoms with Gasteiger partial charge in [-0.25, -0.2) is 4.98 Å². The molecule has 0 aliphatic carbocycles. The lowest BCUT2D eigenvalue weighted by molar-refractivity contribution is 0.548. The van der Waals surface area contributed by atoms with E-state index in [1.54, 1.807) is 6.20 Å². The molecule has 0 aliphatic rings. The van der Waals surface area contributed by atoms with Crippen LogP contribution in [0.15, 0.2) is 30.6 Å². The Morgan fingerprint density at radius 1 is 1.47 bits per heavy atom. The van der Waals surface area contributed by atoms with Gasteiger partial charge in [0.1, 0.15) is 11.5 Å². The highest BCUT2D eigenvalue weighted by Crippen LogP contribution is 2.11. The van der Waals surface area contributed by atoms with Gasteiger partial charge in [0.2, 0.25) is 0 Å². The number of pyridine rings is 1. The van der Waals surface area contributed by atoms with Crippen molar-refractivity contribution in [1.82, 2.24) is 9.38 Å². The molecular formula is C11H16N4. The van der Waals surface area contributed by atoms with Gasteiger partial charge in [-0.05, 0) is 26.0 Å². The minimum absolute atomic E-state index is 0.219. The van der Waals surface area contributed by atoms with Gasteiger partial charge in [-0.3, -0.25) is 4.40 Å². The Kier molecular flexibility index (Phi) is 2.36. The molecule has 2 aromatic heterocycles. The summed E-state index contributed by atoms with van der Waals surface area (Å²) in [5, 5.41) is 3.31. The van der Waals surface area contributed by atoms with Gasteiger partial charge in [-0.15, -0.1) is 0 Å². The zero-order valence-corrected chi connectivity index (χ0v) is 9.07. The van der Waals surface area contributed by atoms with Gasteiger partial charge < -0.3 is 11.1 Å². The highest BCUT2D eigenvalue weighted by atomic mass is 15.1. The third kappa shape index (κ3) is 2.27. The first-order valence-electron chi connectivity index (χ1n) is 5.01. The van der Waals surface area contributed by atoms with Gasteiger partial charge in [0.15, 0.2) is 0 Å². The summed E-state index contributed by atoms with van der Waals surface area (Å²) >= 11 is 0. The Hall–Kier alpha value is -1.55. The SMILES string of the molecule is CC(C)(N)CNc1cccc2nccn12. The van der Waals surface area contributed by atoms with Gasteiger partial charge in [0.05, 0.1) is 0 Å². The van der Waals surface area contributed by atoms with Crippen LogP contribution in [0.3, 0.4) is 0 Å². The largest absolute Gasteiger partial charge is 0.369 e. The summed E-state index contributed by atoms with van der Waals surface area (Å²) in [4.78, 5) is 4.22. The zero-order chi connectivity index (χ0) is 10.9. The van der Waals surface area contributed by atoms with Gasteiger partial charge >= 0.3 is 0 Å². The van der Waals surface area contributed by atoms with Crippen LogP contribution in [-0.4, -0.2) is 21.5 Å². The average Bonchev–Trinajstić information content (AvgIpc) is 2.61. The molecule has 0 saturated heterocycles. The maximum absolute atomic E-state index is 5.92. The van der Waals surface area contributed by atoms with Crippen molar-refractivity contribution in [1.29, 1.82) is 0 Å². The number of nitrogens with zero attached hydrogens (tertiary/aromatic N) is 2. The van der Waals surface area contributed by atoms with Crippen LogP contribution in [0.2, 0.25) is 0 Å². The monoisotopic (exact) mass is 204 g/mol. The number of fused-ring (bicyclic) bond motifs is 1. The average molecular weight is 204 g/mol. The van der Waals surface area contributed by atoms with E-state index in [4.69, 9.17) is 5.73 Å². The normalized spacial score (nSPS) is 11.9. The molecule has 2 aromatic rings. The number of hydrogen-bond acceptors (Lipinski definition) is 3. The molecule has 0 fully saturated rings. The number of anilines is 1. The highest BCUT2D eigenvalue weighted by Gasteiger charge is 2.10. The molecule has 0 aromatic carbocycles. The molecule has 15 heavy (non-hydrogen) atoms. The quantitative estimate of drug-likeness (QED) is 0.796. The first kappa shape index (κ1) is 9.98. The number of imidazole rings is 1. The summed E-state index contributed by atoms with van der Waals surface area (Å²) in [6, 6.07) is 5.97. The number of hydrogen-bond donors (Lipinski definition) is 2. The van der Waals surface area contributed by atoms with Crippen LogP contribution >= 0.6 is 0 Å². The fourth-order valence-corrected chi connectivity index (χ4v) is 1.41. The second-order valence-electron chi connectivity index (χ2n) is 4.41. The fraction of sp³-hybridized carbons (Fsp3) is 0.364. The smallest absolute Gasteiger partial charge is 0.138 e. The summed E-state index contributed by atoms with van der Waals surface area (Å²) in [5.74, 6) is 1.02. The second-order valence-corrected chi connectivity index (χ2v) is 4.41. The van der Waals surface area contributed by atoms with Crippen LogP contribution in [0.25, 0.3) is 5.65 Å². The Morgan fingerprint density at radius 2 is 2.27 bits per heavy atom. The summed E-state index contributed by atoms with van der Waals surface area (Å²) in [6.07, 6.45) is 3.72. The summed E-state index contributed by atoms with van der Waals surface area (Å²) in [6.45, 7) is 4.71. The Labute approximate surface area is 89.1 Å². The van der Waals surface area contributed by atoms with Gasteiger partial charge in [-0.2, -0.15) is 0 Å². The first-order chi connectivity index (χ1) is 7.06. The van der Waals surface area contributed by atoms with Crippen LogP contribution in [-0.2, 0) is 0 Å². The van der Waals surface area contributed by atoms with Crippen molar-refractivity contribution in [2.24, 2.45) is 5.73 Å². The van der Waals surface area contributed by atoms with Crippen molar-refractivity contribution in [2.45, 2.75) is 19.4 Å². The standard InChI is InChI=1S/C11H16N4/c1-11(2,12)8-14-10-5-3-4-9-13-6-7-15(9)10/h3-7,14H,8,12H2,1-2H3. The summed E-state index contributed by atoms with van der Waals surface area (Å²) in [7, 11) is 0. The maximum atomic E-state index is 5.92. The van der Waals surface area contributed by atoms with Crippen molar-refractivity contribution in [3.8, 4) is 0 Å². The molecule has 0 saturated carbocycles. The Bertz CT molecular complexity index is 453. The molecule has 80 valence electrons. The molecule has 0 radical (unpaired) electrons. The van der Waals surface area contributed by atoms with E-state index in [0.29, 0.717) is 0 Å². The van der Waals surface area contributed by atoms with E-state index in [-0.39, 0.29) is 5.54 Å². The predicted molar refractivity (Wildman–Crippen MR) is 61.9 cm³/mol. The molecule has 0 aliphatic heterocycles. The molecule has 0 amide bonds. The fourth-order valence-electron chi connectivity index (χ4n) is 1.41. The van der Waals surface area contributed by atoms with Crippen molar-refractivity contribution in [3.05, 3.63) is 30.6 Å². The minimum atomic E-state index is -0.219. The summed E-state index contributed by atoms with van der Waals surface area (Å²) < 4.78 is 2.01. The molecule has 2 rings (SSSR count). The molecule has 0 unspecified atom stereocenters. The Morgan fingerprint density at radius 3 is 3.00 bits per heavy atom. The van der Waals surface area contributed by atoms with Crippen LogP contribution in [0.5, 0.6) is 0 Å². The van der Waals surface area contributed by atoms with Gasteiger partial charge in [0.25, 0.3) is 0 Å². The van der Waals surface area contributed by atoms with Crippen molar-refractivity contribution in [2.75, 3.05) is 11.9 Å². The summed E-state index contributed by atoms with van der Waals surface area (Å²) in [5.41, 5.74) is 6.64. The molecule has 2 heterocycles. The number of rotatable bonds is 3. The van der Waals surface area contributed by atoms with E-state index in [1.807, 2.05) is 42.6 Å². The first-order valence-corrected chi connectivity index (χ1v) is 5.01. The van der Waals surface area contributed by atoms with Crippen molar-refractivity contribution in [3.63, 3.8) is 0 Å². The molecular weight excluding hydrogens is 188 g/mol.